The summed E-state index contributed by atoms with van der Waals surface area (Å²) in [5.41, 5.74) is 3.85. The number of amides is 1. The summed E-state index contributed by atoms with van der Waals surface area (Å²) in [5, 5.41) is 4.84. The summed E-state index contributed by atoms with van der Waals surface area (Å²) in [4.78, 5) is 27.1. The van der Waals surface area contributed by atoms with E-state index in [0.717, 1.165) is 71.0 Å². The average molecular weight is 425 g/mol. The van der Waals surface area contributed by atoms with Crippen LogP contribution >= 0.6 is 0 Å². The fraction of sp³-hybridized carbons (Fsp3) is 0.583. The number of para-hydroxylation sites is 1. The zero-order valence-corrected chi connectivity index (χ0v) is 19.0. The molecular formula is C24H36N6O. The maximum Gasteiger partial charge on any atom is 0.236 e. The van der Waals surface area contributed by atoms with E-state index in [1.165, 1.54) is 28.5 Å². The Labute approximate surface area is 185 Å². The zero-order chi connectivity index (χ0) is 21.6. The second kappa shape index (κ2) is 10.2. The van der Waals surface area contributed by atoms with Gasteiger partial charge in [0.25, 0.3) is 0 Å². The molecule has 2 aromatic rings. The third kappa shape index (κ3) is 5.21. The number of hydrogen-bond acceptors (Lipinski definition) is 3. The van der Waals surface area contributed by atoms with Crippen molar-refractivity contribution in [3.8, 4) is 0 Å². The van der Waals surface area contributed by atoms with Crippen molar-refractivity contribution in [3.05, 3.63) is 35.5 Å². The molecule has 2 fully saturated rings. The summed E-state index contributed by atoms with van der Waals surface area (Å²) in [7, 11) is 1.85. The van der Waals surface area contributed by atoms with Crippen LogP contribution in [-0.4, -0.2) is 91.0 Å². The average Bonchev–Trinajstić information content (AvgIpc) is 3.22. The Morgan fingerprint density at radius 1 is 1.06 bits per heavy atom. The number of rotatable bonds is 5. The normalized spacial score (nSPS) is 18.6. The number of guanidine groups is 1. The maximum atomic E-state index is 12.5. The van der Waals surface area contributed by atoms with E-state index in [1.54, 1.807) is 0 Å². The third-order valence-corrected chi connectivity index (χ3v) is 6.64. The van der Waals surface area contributed by atoms with Crippen molar-refractivity contribution in [3.63, 3.8) is 0 Å². The van der Waals surface area contributed by atoms with Gasteiger partial charge in [0.05, 0.1) is 6.54 Å². The van der Waals surface area contributed by atoms with Crippen molar-refractivity contribution >= 4 is 22.8 Å². The molecule has 0 radical (unpaired) electrons. The van der Waals surface area contributed by atoms with Gasteiger partial charge in [-0.1, -0.05) is 18.2 Å². The number of likely N-dealkylation sites (tertiary alicyclic amines) is 1. The molecule has 0 spiro atoms. The molecule has 7 nitrogen and oxygen atoms in total. The number of benzene rings is 1. The number of aromatic nitrogens is 1. The lowest BCUT2D eigenvalue weighted by Gasteiger charge is -2.37. The van der Waals surface area contributed by atoms with Crippen LogP contribution in [0.15, 0.2) is 29.4 Å². The van der Waals surface area contributed by atoms with Gasteiger partial charge in [-0.05, 0) is 43.7 Å². The minimum absolute atomic E-state index is 0.296. The van der Waals surface area contributed by atoms with Crippen LogP contribution < -0.4 is 5.32 Å². The van der Waals surface area contributed by atoms with Crippen molar-refractivity contribution < 1.29 is 4.79 Å². The summed E-state index contributed by atoms with van der Waals surface area (Å²) < 4.78 is 0. The molecule has 0 atom stereocenters. The first-order valence-corrected chi connectivity index (χ1v) is 11.7. The lowest BCUT2D eigenvalue weighted by molar-refractivity contribution is -0.133. The van der Waals surface area contributed by atoms with Gasteiger partial charge in [-0.2, -0.15) is 0 Å². The number of hydrogen-bond donors (Lipinski definition) is 2. The molecule has 2 N–H and O–H groups in total. The molecule has 1 amide bonds. The molecule has 2 aliphatic heterocycles. The SMILES string of the molecule is CN=C(NCCc1c[nH]c2c(C)cccc12)N1CCN(CC(=O)N2CCCCC2)CC1. The molecule has 2 aliphatic rings. The molecule has 1 aromatic heterocycles. The van der Waals surface area contributed by atoms with Crippen LogP contribution in [0.1, 0.15) is 30.4 Å². The van der Waals surface area contributed by atoms with Gasteiger partial charge in [0.15, 0.2) is 5.96 Å². The van der Waals surface area contributed by atoms with Crippen molar-refractivity contribution in [2.24, 2.45) is 4.99 Å². The van der Waals surface area contributed by atoms with E-state index in [2.05, 4.69) is 56.4 Å². The second-order valence-electron chi connectivity index (χ2n) is 8.74. The molecule has 168 valence electrons. The predicted octanol–water partition coefficient (Wildman–Crippen LogP) is 2.22. The Balaban J connectivity index is 1.23. The monoisotopic (exact) mass is 424 g/mol. The first-order valence-electron chi connectivity index (χ1n) is 11.7. The number of carbonyl (C=O) groups is 1. The highest BCUT2D eigenvalue weighted by molar-refractivity contribution is 5.86. The number of piperidine rings is 1. The molecule has 4 rings (SSSR count). The van der Waals surface area contributed by atoms with Crippen LogP contribution in [0.2, 0.25) is 0 Å². The minimum Gasteiger partial charge on any atom is -0.361 e. The lowest BCUT2D eigenvalue weighted by Crippen LogP contribution is -2.54. The Kier molecular flexibility index (Phi) is 7.12. The number of nitrogens with one attached hydrogen (secondary N) is 2. The van der Waals surface area contributed by atoms with E-state index >= 15 is 0 Å². The van der Waals surface area contributed by atoms with Crippen LogP contribution in [0.5, 0.6) is 0 Å². The second-order valence-corrected chi connectivity index (χ2v) is 8.74. The number of aliphatic imine (C=N–C) groups is 1. The minimum atomic E-state index is 0.296. The molecule has 7 heteroatoms. The number of piperazine rings is 1. The smallest absolute Gasteiger partial charge is 0.236 e. The molecule has 1 aromatic carbocycles. The highest BCUT2D eigenvalue weighted by Gasteiger charge is 2.24. The predicted molar refractivity (Wildman–Crippen MR) is 127 cm³/mol. The Bertz CT molecular complexity index is 906. The van der Waals surface area contributed by atoms with Crippen LogP contribution in [0.25, 0.3) is 10.9 Å². The van der Waals surface area contributed by atoms with Crippen LogP contribution in [0.3, 0.4) is 0 Å². The number of aromatic amines is 1. The summed E-state index contributed by atoms with van der Waals surface area (Å²) in [6.07, 6.45) is 6.64. The Morgan fingerprint density at radius 3 is 2.58 bits per heavy atom. The van der Waals surface area contributed by atoms with Crippen molar-refractivity contribution in [1.29, 1.82) is 0 Å². The van der Waals surface area contributed by atoms with Crippen LogP contribution in [0.4, 0.5) is 0 Å². The fourth-order valence-corrected chi connectivity index (χ4v) is 4.76. The topological polar surface area (TPSA) is 67.0 Å². The fourth-order valence-electron chi connectivity index (χ4n) is 4.76. The van der Waals surface area contributed by atoms with Gasteiger partial charge in [-0.15, -0.1) is 0 Å². The summed E-state index contributed by atoms with van der Waals surface area (Å²) in [6.45, 7) is 9.03. The van der Waals surface area contributed by atoms with E-state index in [9.17, 15) is 4.79 Å². The summed E-state index contributed by atoms with van der Waals surface area (Å²) >= 11 is 0. The standard InChI is InChI=1S/C24H36N6O/c1-19-7-6-8-21-20(17-27-23(19)21)9-10-26-24(25-2)30-15-13-28(14-16-30)18-22(31)29-11-4-3-5-12-29/h6-8,17,27H,3-5,9-16,18H2,1-2H3,(H,25,26). The van der Waals surface area contributed by atoms with Crippen molar-refractivity contribution in [2.75, 3.05) is 59.4 Å². The number of H-pyrrole nitrogens is 1. The van der Waals surface area contributed by atoms with Gasteiger partial charge in [-0.25, -0.2) is 0 Å². The summed E-state index contributed by atoms with van der Waals surface area (Å²) in [6, 6.07) is 6.45. The molecule has 0 saturated carbocycles. The molecule has 2 saturated heterocycles. The quantitative estimate of drug-likeness (QED) is 0.571. The Hall–Kier alpha value is -2.54. The van der Waals surface area contributed by atoms with Gasteiger partial charge in [0, 0.05) is 70.0 Å². The van der Waals surface area contributed by atoms with Gasteiger partial charge in [0.1, 0.15) is 0 Å². The van der Waals surface area contributed by atoms with E-state index in [4.69, 9.17) is 0 Å². The largest absolute Gasteiger partial charge is 0.361 e. The molecule has 0 unspecified atom stereocenters. The number of aryl methyl sites for hydroxylation is 1. The molecule has 0 aliphatic carbocycles. The van der Waals surface area contributed by atoms with E-state index in [-0.39, 0.29) is 0 Å². The van der Waals surface area contributed by atoms with E-state index in [0.29, 0.717) is 12.5 Å². The number of fused-ring (bicyclic) bond motifs is 1. The molecule has 31 heavy (non-hydrogen) atoms. The van der Waals surface area contributed by atoms with E-state index in [1.807, 2.05) is 11.9 Å². The van der Waals surface area contributed by atoms with Gasteiger partial charge < -0.3 is 20.1 Å². The highest BCUT2D eigenvalue weighted by atomic mass is 16.2. The van der Waals surface area contributed by atoms with Gasteiger partial charge in [0.2, 0.25) is 5.91 Å². The molecule has 3 heterocycles. The maximum absolute atomic E-state index is 12.5. The van der Waals surface area contributed by atoms with Crippen molar-refractivity contribution in [1.82, 2.24) is 25.0 Å². The first-order chi connectivity index (χ1) is 15.2. The number of carbonyl (C=O) groups excluding carboxylic acids is 1. The molecular weight excluding hydrogens is 388 g/mol. The number of nitrogens with zero attached hydrogens (tertiary/aromatic N) is 4. The summed E-state index contributed by atoms with van der Waals surface area (Å²) in [5.74, 6) is 1.25. The van der Waals surface area contributed by atoms with Crippen LogP contribution in [-0.2, 0) is 11.2 Å². The first kappa shape index (κ1) is 21.7. The van der Waals surface area contributed by atoms with Crippen LogP contribution in [0, 0.1) is 6.92 Å². The lowest BCUT2D eigenvalue weighted by atomic mass is 10.1. The van der Waals surface area contributed by atoms with E-state index < -0.39 is 0 Å². The van der Waals surface area contributed by atoms with Gasteiger partial charge in [-0.3, -0.25) is 14.7 Å². The Morgan fingerprint density at radius 2 is 1.84 bits per heavy atom. The third-order valence-electron chi connectivity index (χ3n) is 6.64. The van der Waals surface area contributed by atoms with Crippen molar-refractivity contribution in [2.45, 2.75) is 32.6 Å². The molecule has 0 bridgehead atoms. The zero-order valence-electron chi connectivity index (χ0n) is 19.0. The highest BCUT2D eigenvalue weighted by Crippen LogP contribution is 2.21. The van der Waals surface area contributed by atoms with Gasteiger partial charge >= 0.3 is 0 Å².